The fraction of sp³-hybridized carbons (Fsp3) is 0.308. The van der Waals surface area contributed by atoms with Gasteiger partial charge in [-0.15, -0.1) is 11.3 Å². The van der Waals surface area contributed by atoms with Crippen LogP contribution in [-0.4, -0.2) is 23.0 Å². The maximum absolute atomic E-state index is 4.77. The van der Waals surface area contributed by atoms with Gasteiger partial charge in [-0.2, -0.15) is 11.8 Å². The van der Waals surface area contributed by atoms with Gasteiger partial charge in [0, 0.05) is 32.6 Å². The molecule has 1 aliphatic rings. The van der Waals surface area contributed by atoms with Crippen LogP contribution in [0, 0.1) is 3.57 Å². The van der Waals surface area contributed by atoms with Crippen molar-refractivity contribution in [2.75, 3.05) is 18.1 Å². The van der Waals surface area contributed by atoms with Crippen molar-refractivity contribution in [3.05, 3.63) is 38.2 Å². The first kappa shape index (κ1) is 12.9. The van der Waals surface area contributed by atoms with Gasteiger partial charge < -0.3 is 5.32 Å². The first-order valence-corrected chi connectivity index (χ1v) is 8.97. The molecule has 2 aromatic rings. The molecule has 0 amide bonds. The Balaban J connectivity index is 1.82. The number of rotatable bonds is 2. The molecule has 1 saturated heterocycles. The summed E-state index contributed by atoms with van der Waals surface area (Å²) in [5.74, 6) is 2.35. The van der Waals surface area contributed by atoms with Crippen LogP contribution in [0.15, 0.2) is 29.6 Å². The maximum atomic E-state index is 4.77. The smallest absolute Gasteiger partial charge is 0.111 e. The van der Waals surface area contributed by atoms with Crippen LogP contribution < -0.4 is 5.32 Å². The maximum Gasteiger partial charge on any atom is 0.111 e. The van der Waals surface area contributed by atoms with Gasteiger partial charge in [-0.05, 0) is 34.7 Å². The number of thiazole rings is 1. The van der Waals surface area contributed by atoms with Gasteiger partial charge in [-0.3, -0.25) is 0 Å². The van der Waals surface area contributed by atoms with Gasteiger partial charge in [0.1, 0.15) is 5.01 Å². The Bertz CT molecular complexity index is 518. The number of nitrogens with one attached hydrogen (secondary N) is 1. The molecule has 94 valence electrons. The number of thioether (sulfide) groups is 1. The first-order valence-electron chi connectivity index (χ1n) is 5.85. The third-order valence-electron chi connectivity index (χ3n) is 2.88. The van der Waals surface area contributed by atoms with E-state index in [9.17, 15) is 0 Å². The summed E-state index contributed by atoms with van der Waals surface area (Å²) < 4.78 is 1.26. The van der Waals surface area contributed by atoms with Crippen molar-refractivity contribution in [1.82, 2.24) is 10.3 Å². The Kier molecular flexibility index (Phi) is 4.23. The molecule has 1 fully saturated rings. The summed E-state index contributed by atoms with van der Waals surface area (Å²) in [4.78, 5) is 4.77. The lowest BCUT2D eigenvalue weighted by atomic mass is 10.2. The van der Waals surface area contributed by atoms with Gasteiger partial charge in [-0.25, -0.2) is 4.98 Å². The number of hydrogen-bond donors (Lipinski definition) is 1. The zero-order valence-corrected chi connectivity index (χ0v) is 13.5. The number of benzene rings is 1. The van der Waals surface area contributed by atoms with Gasteiger partial charge in [-0.1, -0.05) is 12.1 Å². The van der Waals surface area contributed by atoms with Gasteiger partial charge in [0.05, 0.1) is 11.7 Å². The second-order valence-electron chi connectivity index (χ2n) is 4.16. The summed E-state index contributed by atoms with van der Waals surface area (Å²) in [5.41, 5.74) is 2.31. The highest BCUT2D eigenvalue weighted by Crippen LogP contribution is 2.28. The molecule has 1 atom stereocenters. The van der Waals surface area contributed by atoms with E-state index in [1.165, 1.54) is 19.9 Å². The highest BCUT2D eigenvalue weighted by atomic mass is 127. The Morgan fingerprint density at radius 2 is 2.11 bits per heavy atom. The van der Waals surface area contributed by atoms with Crippen molar-refractivity contribution in [3.63, 3.8) is 0 Å². The van der Waals surface area contributed by atoms with E-state index in [1.54, 1.807) is 11.3 Å². The van der Waals surface area contributed by atoms with Crippen LogP contribution in [0.4, 0.5) is 0 Å². The third kappa shape index (κ3) is 2.89. The molecule has 3 rings (SSSR count). The Labute approximate surface area is 129 Å². The Morgan fingerprint density at radius 1 is 1.28 bits per heavy atom. The molecule has 0 spiro atoms. The zero-order chi connectivity index (χ0) is 12.4. The fourth-order valence-corrected chi connectivity index (χ4v) is 4.23. The van der Waals surface area contributed by atoms with Crippen LogP contribution >= 0.6 is 45.7 Å². The van der Waals surface area contributed by atoms with E-state index in [0.29, 0.717) is 6.04 Å². The molecule has 1 unspecified atom stereocenters. The highest BCUT2D eigenvalue weighted by molar-refractivity contribution is 14.1. The summed E-state index contributed by atoms with van der Waals surface area (Å²) in [5, 5.41) is 6.92. The zero-order valence-electron chi connectivity index (χ0n) is 9.73. The third-order valence-corrected chi connectivity index (χ3v) is 5.62. The summed E-state index contributed by atoms with van der Waals surface area (Å²) in [6.07, 6.45) is 0. The van der Waals surface area contributed by atoms with Crippen molar-refractivity contribution in [2.24, 2.45) is 0 Å². The average molecular weight is 388 g/mol. The molecular formula is C13H13IN2S2. The van der Waals surface area contributed by atoms with E-state index in [0.717, 1.165) is 18.0 Å². The molecule has 1 aliphatic heterocycles. The molecule has 2 nitrogen and oxygen atoms in total. The molecule has 0 aliphatic carbocycles. The van der Waals surface area contributed by atoms with E-state index < -0.39 is 0 Å². The SMILES string of the molecule is Ic1ccc(-c2csc(C3CSCCN3)n2)cc1. The van der Waals surface area contributed by atoms with Crippen molar-refractivity contribution in [1.29, 1.82) is 0 Å². The molecule has 1 aromatic carbocycles. The molecule has 5 heteroatoms. The molecular weight excluding hydrogens is 375 g/mol. The average Bonchev–Trinajstić information content (AvgIpc) is 2.90. The largest absolute Gasteiger partial charge is 0.306 e. The minimum atomic E-state index is 0.436. The van der Waals surface area contributed by atoms with Gasteiger partial charge in [0.25, 0.3) is 0 Å². The van der Waals surface area contributed by atoms with Gasteiger partial charge in [0.2, 0.25) is 0 Å². The van der Waals surface area contributed by atoms with E-state index in [4.69, 9.17) is 4.98 Å². The van der Waals surface area contributed by atoms with E-state index in [-0.39, 0.29) is 0 Å². The van der Waals surface area contributed by atoms with Crippen LogP contribution in [0.25, 0.3) is 11.3 Å². The van der Waals surface area contributed by atoms with Crippen LogP contribution in [0.5, 0.6) is 0 Å². The minimum absolute atomic E-state index is 0.436. The van der Waals surface area contributed by atoms with Crippen molar-refractivity contribution >= 4 is 45.7 Å². The van der Waals surface area contributed by atoms with Crippen LogP contribution in [0.1, 0.15) is 11.0 Å². The molecule has 0 bridgehead atoms. The highest BCUT2D eigenvalue weighted by Gasteiger charge is 2.18. The Morgan fingerprint density at radius 3 is 2.83 bits per heavy atom. The molecule has 1 aromatic heterocycles. The lowest BCUT2D eigenvalue weighted by Gasteiger charge is -2.20. The van der Waals surface area contributed by atoms with Crippen molar-refractivity contribution < 1.29 is 0 Å². The predicted molar refractivity (Wildman–Crippen MR) is 88.3 cm³/mol. The molecule has 0 radical (unpaired) electrons. The van der Waals surface area contributed by atoms with Gasteiger partial charge >= 0.3 is 0 Å². The number of hydrogen-bond acceptors (Lipinski definition) is 4. The monoisotopic (exact) mass is 388 g/mol. The minimum Gasteiger partial charge on any atom is -0.306 e. The summed E-state index contributed by atoms with van der Waals surface area (Å²) in [6.45, 7) is 1.09. The van der Waals surface area contributed by atoms with E-state index in [2.05, 4.69) is 57.6 Å². The summed E-state index contributed by atoms with van der Waals surface area (Å²) >= 11 is 6.10. The summed E-state index contributed by atoms with van der Waals surface area (Å²) in [7, 11) is 0. The van der Waals surface area contributed by atoms with Crippen LogP contribution in [0.2, 0.25) is 0 Å². The second kappa shape index (κ2) is 5.90. The normalized spacial score (nSPS) is 19.9. The first-order chi connectivity index (χ1) is 8.83. The van der Waals surface area contributed by atoms with Crippen LogP contribution in [0.3, 0.4) is 0 Å². The second-order valence-corrected chi connectivity index (χ2v) is 7.44. The number of aromatic nitrogens is 1. The van der Waals surface area contributed by atoms with Crippen molar-refractivity contribution in [2.45, 2.75) is 6.04 Å². The number of nitrogens with zero attached hydrogens (tertiary/aromatic N) is 1. The molecule has 1 N–H and O–H groups in total. The Hall–Kier alpha value is -0.110. The fourth-order valence-electron chi connectivity index (χ4n) is 1.92. The summed E-state index contributed by atoms with van der Waals surface area (Å²) in [6, 6.07) is 8.98. The van der Waals surface area contributed by atoms with Crippen molar-refractivity contribution in [3.8, 4) is 11.3 Å². The lowest BCUT2D eigenvalue weighted by molar-refractivity contribution is 0.592. The van der Waals surface area contributed by atoms with E-state index >= 15 is 0 Å². The number of halogens is 1. The standard InChI is InChI=1S/C13H13IN2S2/c14-10-3-1-9(2-4-10)11-8-18-13(16-11)12-7-17-6-5-15-12/h1-4,8,12,15H,5-7H2. The van der Waals surface area contributed by atoms with Crippen LogP contribution in [-0.2, 0) is 0 Å². The molecule has 2 heterocycles. The quantitative estimate of drug-likeness (QED) is 0.793. The molecule has 18 heavy (non-hydrogen) atoms. The van der Waals surface area contributed by atoms with Gasteiger partial charge in [0.15, 0.2) is 0 Å². The van der Waals surface area contributed by atoms with E-state index in [1.807, 2.05) is 11.8 Å². The topological polar surface area (TPSA) is 24.9 Å². The molecule has 0 saturated carbocycles. The predicted octanol–water partition coefficient (Wildman–Crippen LogP) is 3.79. The lowest BCUT2D eigenvalue weighted by Crippen LogP contribution is -2.30.